The second kappa shape index (κ2) is 9.67. The Balaban J connectivity index is 1.46. The van der Waals surface area contributed by atoms with Crippen LogP contribution in [0, 0.1) is 0 Å². The van der Waals surface area contributed by atoms with Gasteiger partial charge in [0.1, 0.15) is 0 Å². The summed E-state index contributed by atoms with van der Waals surface area (Å²) in [6.45, 7) is 6.19. The van der Waals surface area contributed by atoms with Crippen molar-refractivity contribution < 1.29 is 9.53 Å². The summed E-state index contributed by atoms with van der Waals surface area (Å²) in [5.41, 5.74) is 3.17. The summed E-state index contributed by atoms with van der Waals surface area (Å²) < 4.78 is 8.06. The van der Waals surface area contributed by atoms with Crippen LogP contribution in [0.1, 0.15) is 13.8 Å². The van der Waals surface area contributed by atoms with Crippen LogP contribution in [0.3, 0.4) is 0 Å². The van der Waals surface area contributed by atoms with E-state index in [-0.39, 0.29) is 11.2 Å². The number of nitrogens with one attached hydrogen (secondary N) is 2. The van der Waals surface area contributed by atoms with Crippen LogP contribution < -0.4 is 10.6 Å². The maximum absolute atomic E-state index is 12.8. The summed E-state index contributed by atoms with van der Waals surface area (Å²) in [6.07, 6.45) is 0. The van der Waals surface area contributed by atoms with Crippen molar-refractivity contribution >= 4 is 61.6 Å². The third-order valence-electron chi connectivity index (χ3n) is 4.99. The fraction of sp³-hybridized carbons (Fsp3) is 0.318. The van der Waals surface area contributed by atoms with Gasteiger partial charge in [0.2, 0.25) is 11.0 Å². The molecule has 1 amide bonds. The standard InChI is InChI=1S/C22H25N5O2S2/c1-4-27-18-8-6-5-7-16(18)17-13-15(9-10-19(17)27)24-20(28)14(2)30-22-26-25-21(31-22)23-11-12-29-3/h5-10,13-14H,4,11-12H2,1-3H3,(H,23,25)(H,24,28). The number of ether oxygens (including phenoxy) is 1. The molecule has 0 spiro atoms. The molecule has 2 heterocycles. The lowest BCUT2D eigenvalue weighted by Crippen LogP contribution is -2.22. The van der Waals surface area contributed by atoms with E-state index < -0.39 is 0 Å². The zero-order valence-corrected chi connectivity index (χ0v) is 19.3. The van der Waals surface area contributed by atoms with Gasteiger partial charge in [-0.25, -0.2) is 0 Å². The van der Waals surface area contributed by atoms with Gasteiger partial charge in [-0.05, 0) is 38.1 Å². The fourth-order valence-electron chi connectivity index (χ4n) is 3.51. The van der Waals surface area contributed by atoms with Crippen LogP contribution in [0.5, 0.6) is 0 Å². The molecule has 1 atom stereocenters. The number of carbonyl (C=O) groups excluding carboxylic acids is 1. The molecule has 2 aromatic heterocycles. The zero-order valence-electron chi connectivity index (χ0n) is 17.7. The van der Waals surface area contributed by atoms with Crippen molar-refractivity contribution in [3.05, 3.63) is 42.5 Å². The van der Waals surface area contributed by atoms with Crippen LogP contribution in [0.2, 0.25) is 0 Å². The lowest BCUT2D eigenvalue weighted by Gasteiger charge is -2.11. The molecule has 2 N–H and O–H groups in total. The highest BCUT2D eigenvalue weighted by molar-refractivity contribution is 8.02. The molecule has 0 radical (unpaired) electrons. The number of para-hydroxylation sites is 1. The van der Waals surface area contributed by atoms with Crippen LogP contribution in [0.15, 0.2) is 46.8 Å². The van der Waals surface area contributed by atoms with Crippen molar-refractivity contribution in [2.24, 2.45) is 0 Å². The van der Waals surface area contributed by atoms with Gasteiger partial charge in [0.05, 0.1) is 11.9 Å². The Hall–Kier alpha value is -2.62. The van der Waals surface area contributed by atoms with E-state index in [4.69, 9.17) is 4.74 Å². The Morgan fingerprint density at radius 3 is 2.81 bits per heavy atom. The van der Waals surface area contributed by atoms with Crippen molar-refractivity contribution in [1.82, 2.24) is 14.8 Å². The lowest BCUT2D eigenvalue weighted by molar-refractivity contribution is -0.115. The van der Waals surface area contributed by atoms with Crippen LogP contribution in [-0.2, 0) is 16.1 Å². The average molecular weight is 456 g/mol. The van der Waals surface area contributed by atoms with Gasteiger partial charge in [0.15, 0.2) is 4.34 Å². The van der Waals surface area contributed by atoms with E-state index in [9.17, 15) is 4.79 Å². The highest BCUT2D eigenvalue weighted by atomic mass is 32.2. The smallest absolute Gasteiger partial charge is 0.237 e. The molecule has 2 aromatic carbocycles. The molecule has 0 fully saturated rings. The predicted molar refractivity (Wildman–Crippen MR) is 129 cm³/mol. The van der Waals surface area contributed by atoms with Crippen molar-refractivity contribution in [2.75, 3.05) is 30.9 Å². The molecule has 31 heavy (non-hydrogen) atoms. The molecule has 0 bridgehead atoms. The molecule has 9 heteroatoms. The minimum Gasteiger partial charge on any atom is -0.383 e. The molecule has 0 saturated heterocycles. The quantitative estimate of drug-likeness (QED) is 0.278. The molecule has 0 aliphatic carbocycles. The number of nitrogens with zero attached hydrogens (tertiary/aromatic N) is 3. The maximum atomic E-state index is 12.8. The first-order valence-corrected chi connectivity index (χ1v) is 11.8. The Morgan fingerprint density at radius 1 is 1.19 bits per heavy atom. The Kier molecular flexibility index (Phi) is 6.74. The van der Waals surface area contributed by atoms with Crippen molar-refractivity contribution in [3.63, 3.8) is 0 Å². The second-order valence-corrected chi connectivity index (χ2v) is 9.60. The number of hydrogen-bond acceptors (Lipinski definition) is 7. The molecule has 1 unspecified atom stereocenters. The van der Waals surface area contributed by atoms with Gasteiger partial charge in [0.25, 0.3) is 0 Å². The van der Waals surface area contributed by atoms with Gasteiger partial charge in [-0.3, -0.25) is 4.79 Å². The monoisotopic (exact) mass is 455 g/mol. The van der Waals surface area contributed by atoms with Crippen LogP contribution in [0.4, 0.5) is 10.8 Å². The lowest BCUT2D eigenvalue weighted by atomic mass is 10.1. The molecule has 7 nitrogen and oxygen atoms in total. The molecule has 0 aliphatic heterocycles. The number of aromatic nitrogens is 3. The summed E-state index contributed by atoms with van der Waals surface area (Å²) >= 11 is 2.84. The normalized spacial score (nSPS) is 12.4. The average Bonchev–Trinajstić information content (AvgIpc) is 3.35. The van der Waals surface area contributed by atoms with E-state index in [0.29, 0.717) is 13.2 Å². The SMILES string of the molecule is CCn1c2ccccc2c2cc(NC(=O)C(C)Sc3nnc(NCCOC)s3)ccc21. The van der Waals surface area contributed by atoms with Crippen LogP contribution in [-0.4, -0.2) is 46.2 Å². The van der Waals surface area contributed by atoms with Gasteiger partial charge < -0.3 is 19.9 Å². The van der Waals surface area contributed by atoms with E-state index in [1.54, 1.807) is 7.11 Å². The minimum atomic E-state index is -0.299. The highest BCUT2D eigenvalue weighted by Crippen LogP contribution is 2.32. The molecule has 0 saturated carbocycles. The topological polar surface area (TPSA) is 81.1 Å². The number of thioether (sulfide) groups is 1. The third kappa shape index (κ3) is 4.68. The largest absolute Gasteiger partial charge is 0.383 e. The van der Waals surface area contributed by atoms with E-state index in [1.165, 1.54) is 39.5 Å². The molecule has 0 aliphatic rings. The van der Waals surface area contributed by atoms with Crippen LogP contribution >= 0.6 is 23.1 Å². The van der Waals surface area contributed by atoms with Gasteiger partial charge in [0, 0.05) is 47.7 Å². The first-order valence-electron chi connectivity index (χ1n) is 10.2. The third-order valence-corrected chi connectivity index (χ3v) is 7.06. The molecule has 4 aromatic rings. The number of amides is 1. The number of rotatable bonds is 9. The second-order valence-electron chi connectivity index (χ2n) is 7.04. The number of benzene rings is 2. The maximum Gasteiger partial charge on any atom is 0.237 e. The Bertz CT molecular complexity index is 1200. The Labute approximate surface area is 189 Å². The first kappa shape index (κ1) is 21.6. The molecular weight excluding hydrogens is 430 g/mol. The number of carbonyl (C=O) groups is 1. The fourth-order valence-corrected chi connectivity index (χ4v) is 5.43. The van der Waals surface area contributed by atoms with E-state index in [1.807, 2.05) is 19.1 Å². The minimum absolute atomic E-state index is 0.0623. The van der Waals surface area contributed by atoms with Gasteiger partial charge in [-0.2, -0.15) is 0 Å². The summed E-state index contributed by atoms with van der Waals surface area (Å²) in [5.74, 6) is -0.0623. The van der Waals surface area contributed by atoms with Crippen LogP contribution in [0.25, 0.3) is 21.8 Å². The predicted octanol–water partition coefficient (Wildman–Crippen LogP) is 4.84. The van der Waals surface area contributed by atoms with E-state index >= 15 is 0 Å². The molecule has 4 rings (SSSR count). The summed E-state index contributed by atoms with van der Waals surface area (Å²) in [4.78, 5) is 12.8. The number of methoxy groups -OCH3 is 1. The summed E-state index contributed by atoms with van der Waals surface area (Å²) in [5, 5.41) is 17.2. The van der Waals surface area contributed by atoms with E-state index in [2.05, 4.69) is 62.7 Å². The first-order chi connectivity index (χ1) is 15.1. The number of fused-ring (bicyclic) bond motifs is 3. The van der Waals surface area contributed by atoms with Crippen molar-refractivity contribution in [1.29, 1.82) is 0 Å². The molecular formula is C22H25N5O2S2. The number of aryl methyl sites for hydroxylation is 1. The highest BCUT2D eigenvalue weighted by Gasteiger charge is 2.18. The molecule has 162 valence electrons. The van der Waals surface area contributed by atoms with Crippen molar-refractivity contribution in [3.8, 4) is 0 Å². The number of hydrogen-bond donors (Lipinski definition) is 2. The van der Waals surface area contributed by atoms with Gasteiger partial charge in [-0.1, -0.05) is 41.3 Å². The zero-order chi connectivity index (χ0) is 21.8. The number of anilines is 2. The van der Waals surface area contributed by atoms with E-state index in [0.717, 1.165) is 27.1 Å². The Morgan fingerprint density at radius 2 is 2.00 bits per heavy atom. The summed E-state index contributed by atoms with van der Waals surface area (Å²) in [7, 11) is 1.66. The van der Waals surface area contributed by atoms with Crippen molar-refractivity contribution in [2.45, 2.75) is 30.0 Å². The van der Waals surface area contributed by atoms with Gasteiger partial charge >= 0.3 is 0 Å². The van der Waals surface area contributed by atoms with Gasteiger partial charge in [-0.15, -0.1) is 10.2 Å². The summed E-state index contributed by atoms with van der Waals surface area (Å²) in [6, 6.07) is 14.5.